The first-order valence-electron chi connectivity index (χ1n) is 5.43. The molecule has 1 aromatic rings. The predicted octanol–water partition coefficient (Wildman–Crippen LogP) is 2.05. The summed E-state index contributed by atoms with van der Waals surface area (Å²) in [5.74, 6) is -0.801. The average Bonchev–Trinajstić information content (AvgIpc) is 2.31. The van der Waals surface area contributed by atoms with Gasteiger partial charge in [0.2, 0.25) is 0 Å². The lowest BCUT2D eigenvalue weighted by Crippen LogP contribution is -2.36. The largest absolute Gasteiger partial charge is 0.480 e. The van der Waals surface area contributed by atoms with E-state index in [-0.39, 0.29) is 11.5 Å². The molecule has 2 N–H and O–H groups in total. The van der Waals surface area contributed by atoms with Gasteiger partial charge in [0.25, 0.3) is 5.91 Å². The molecule has 5 nitrogen and oxygen atoms in total. The van der Waals surface area contributed by atoms with Crippen LogP contribution < -0.4 is 10.1 Å². The van der Waals surface area contributed by atoms with Crippen molar-refractivity contribution in [3.63, 3.8) is 0 Å². The van der Waals surface area contributed by atoms with Gasteiger partial charge in [0.1, 0.15) is 5.75 Å². The van der Waals surface area contributed by atoms with E-state index in [1.165, 1.54) is 18.2 Å². The molecule has 0 saturated heterocycles. The summed E-state index contributed by atoms with van der Waals surface area (Å²) in [7, 11) is 0. The highest BCUT2D eigenvalue weighted by molar-refractivity contribution is 9.10. The number of ether oxygens (including phenoxy) is 1. The summed E-state index contributed by atoms with van der Waals surface area (Å²) in [6.07, 6.45) is -0.642. The van der Waals surface area contributed by atoms with Crippen LogP contribution in [0.5, 0.6) is 5.75 Å². The molecule has 1 atom stereocenters. The summed E-state index contributed by atoms with van der Waals surface area (Å²) in [5.41, 5.74) is 0.153. The molecule has 0 spiro atoms. The van der Waals surface area contributed by atoms with E-state index in [2.05, 4.69) is 21.2 Å². The van der Waals surface area contributed by atoms with Crippen LogP contribution >= 0.6 is 15.9 Å². The second-order valence-corrected chi connectivity index (χ2v) is 4.46. The Labute approximate surface area is 113 Å². The van der Waals surface area contributed by atoms with Gasteiger partial charge in [0.05, 0.1) is 10.0 Å². The molecule has 1 amide bonds. The number of hydrogen-bond donors (Lipinski definition) is 2. The highest BCUT2D eigenvalue weighted by Crippen LogP contribution is 2.27. The summed E-state index contributed by atoms with van der Waals surface area (Å²) >= 11 is 3.21. The number of hydrogen-bond acceptors (Lipinski definition) is 3. The highest BCUT2D eigenvalue weighted by Gasteiger charge is 2.15. The lowest BCUT2D eigenvalue weighted by molar-refractivity contribution is -0.127. The second kappa shape index (κ2) is 6.39. The van der Waals surface area contributed by atoms with Gasteiger partial charge in [-0.25, -0.2) is 4.79 Å². The van der Waals surface area contributed by atoms with Crippen LogP contribution in [-0.2, 0) is 4.79 Å². The zero-order chi connectivity index (χ0) is 13.7. The summed E-state index contributed by atoms with van der Waals surface area (Å²) in [6, 6.07) is 4.37. The summed E-state index contributed by atoms with van der Waals surface area (Å²) in [5, 5.41) is 11.5. The lowest BCUT2D eigenvalue weighted by Gasteiger charge is -2.15. The zero-order valence-corrected chi connectivity index (χ0v) is 11.7. The van der Waals surface area contributed by atoms with Crippen molar-refractivity contribution in [1.82, 2.24) is 5.32 Å². The number of aromatic carboxylic acids is 1. The summed E-state index contributed by atoms with van der Waals surface area (Å²) in [6.45, 7) is 3.98. The van der Waals surface area contributed by atoms with Gasteiger partial charge in [0, 0.05) is 6.54 Å². The number of carboxylic acids is 1. The summed E-state index contributed by atoms with van der Waals surface area (Å²) in [4.78, 5) is 22.2. The Morgan fingerprint density at radius 2 is 2.17 bits per heavy atom. The number of nitrogens with one attached hydrogen (secondary N) is 1. The van der Waals surface area contributed by atoms with Gasteiger partial charge in [-0.1, -0.05) is 0 Å². The molecule has 0 heterocycles. The molecular formula is C12H14BrNO4. The normalized spacial score (nSPS) is 11.7. The monoisotopic (exact) mass is 315 g/mol. The minimum atomic E-state index is -1.01. The number of carbonyl (C=O) groups excluding carboxylic acids is 1. The fraction of sp³-hybridized carbons (Fsp3) is 0.333. The zero-order valence-electron chi connectivity index (χ0n) is 10.1. The molecule has 1 unspecified atom stereocenters. The molecule has 0 radical (unpaired) electrons. The molecule has 98 valence electrons. The van der Waals surface area contributed by atoms with Crippen LogP contribution in [0.1, 0.15) is 24.2 Å². The Balaban J connectivity index is 2.79. The van der Waals surface area contributed by atoms with Gasteiger partial charge < -0.3 is 15.2 Å². The Morgan fingerprint density at radius 3 is 2.67 bits per heavy atom. The molecule has 0 fully saturated rings. The Morgan fingerprint density at radius 1 is 1.50 bits per heavy atom. The third-order valence-electron chi connectivity index (χ3n) is 2.20. The van der Waals surface area contributed by atoms with Gasteiger partial charge in [-0.2, -0.15) is 0 Å². The average molecular weight is 316 g/mol. The molecule has 1 rings (SSSR count). The van der Waals surface area contributed by atoms with Crippen molar-refractivity contribution >= 4 is 27.8 Å². The maximum atomic E-state index is 11.5. The van der Waals surface area contributed by atoms with Crippen LogP contribution in [0.3, 0.4) is 0 Å². The third-order valence-corrected chi connectivity index (χ3v) is 2.82. The van der Waals surface area contributed by atoms with Gasteiger partial charge in [-0.3, -0.25) is 4.79 Å². The number of likely N-dealkylation sites (N-methyl/N-ethyl adjacent to an activating group) is 1. The van der Waals surface area contributed by atoms with Crippen LogP contribution in [0, 0.1) is 0 Å². The van der Waals surface area contributed by atoms with E-state index in [0.29, 0.717) is 16.8 Å². The van der Waals surface area contributed by atoms with Crippen LogP contribution in [0.25, 0.3) is 0 Å². The molecule has 18 heavy (non-hydrogen) atoms. The standard InChI is InChI=1S/C12H14BrNO4/c1-3-14-11(15)7(2)18-10-5-4-8(12(16)17)6-9(10)13/h4-7H,3H2,1-2H3,(H,14,15)(H,16,17). The minimum absolute atomic E-state index is 0.153. The minimum Gasteiger partial charge on any atom is -0.480 e. The number of amides is 1. The van der Waals surface area contributed by atoms with Crippen LogP contribution in [-0.4, -0.2) is 29.6 Å². The van der Waals surface area contributed by atoms with E-state index >= 15 is 0 Å². The Kier molecular flexibility index (Phi) is 5.15. The Hall–Kier alpha value is -1.56. The van der Waals surface area contributed by atoms with Crippen molar-refractivity contribution in [2.45, 2.75) is 20.0 Å². The van der Waals surface area contributed by atoms with Crippen molar-refractivity contribution < 1.29 is 19.4 Å². The molecule has 0 aliphatic carbocycles. The molecule has 0 saturated carbocycles. The van der Waals surface area contributed by atoms with Gasteiger partial charge in [-0.05, 0) is 48.0 Å². The maximum absolute atomic E-state index is 11.5. The van der Waals surface area contributed by atoms with Crippen LogP contribution in [0.4, 0.5) is 0 Å². The molecule has 6 heteroatoms. The van der Waals surface area contributed by atoms with E-state index in [1.54, 1.807) is 6.92 Å². The quantitative estimate of drug-likeness (QED) is 0.872. The van der Waals surface area contributed by atoms with Crippen molar-refractivity contribution in [2.75, 3.05) is 6.54 Å². The molecule has 0 aliphatic heterocycles. The van der Waals surface area contributed by atoms with Crippen LogP contribution in [0.15, 0.2) is 22.7 Å². The summed E-state index contributed by atoms with van der Waals surface area (Å²) < 4.78 is 5.94. The first kappa shape index (κ1) is 14.5. The smallest absolute Gasteiger partial charge is 0.335 e. The van der Waals surface area contributed by atoms with Crippen molar-refractivity contribution in [2.24, 2.45) is 0 Å². The van der Waals surface area contributed by atoms with Crippen molar-refractivity contribution in [3.05, 3.63) is 28.2 Å². The second-order valence-electron chi connectivity index (χ2n) is 3.61. The molecule has 1 aromatic carbocycles. The van der Waals surface area contributed by atoms with Crippen LogP contribution in [0.2, 0.25) is 0 Å². The van der Waals surface area contributed by atoms with Gasteiger partial charge >= 0.3 is 5.97 Å². The number of benzene rings is 1. The van der Waals surface area contributed by atoms with E-state index in [1.807, 2.05) is 6.92 Å². The highest BCUT2D eigenvalue weighted by atomic mass is 79.9. The van der Waals surface area contributed by atoms with E-state index in [0.717, 1.165) is 0 Å². The number of carboxylic acid groups (broad SMARTS) is 1. The van der Waals surface area contributed by atoms with E-state index in [9.17, 15) is 9.59 Å². The first-order chi connectivity index (χ1) is 8.45. The fourth-order valence-corrected chi connectivity index (χ4v) is 1.76. The first-order valence-corrected chi connectivity index (χ1v) is 6.22. The Bertz CT molecular complexity index is 461. The number of rotatable bonds is 5. The lowest BCUT2D eigenvalue weighted by atomic mass is 10.2. The van der Waals surface area contributed by atoms with Crippen molar-refractivity contribution in [3.8, 4) is 5.75 Å². The molecule has 0 aliphatic rings. The van der Waals surface area contributed by atoms with Gasteiger partial charge in [-0.15, -0.1) is 0 Å². The van der Waals surface area contributed by atoms with E-state index in [4.69, 9.17) is 9.84 Å². The van der Waals surface area contributed by atoms with E-state index < -0.39 is 12.1 Å². The molecule has 0 bridgehead atoms. The SMILES string of the molecule is CCNC(=O)C(C)Oc1ccc(C(=O)O)cc1Br. The predicted molar refractivity (Wildman–Crippen MR) is 69.9 cm³/mol. The van der Waals surface area contributed by atoms with Gasteiger partial charge in [0.15, 0.2) is 6.10 Å². The topological polar surface area (TPSA) is 75.6 Å². The number of carbonyl (C=O) groups is 2. The van der Waals surface area contributed by atoms with Crippen molar-refractivity contribution in [1.29, 1.82) is 0 Å². The molecular weight excluding hydrogens is 302 g/mol. The third kappa shape index (κ3) is 3.73. The number of halogens is 1. The fourth-order valence-electron chi connectivity index (χ4n) is 1.29. The molecule has 0 aromatic heterocycles. The maximum Gasteiger partial charge on any atom is 0.335 e.